The number of benzene rings is 1. The molecule has 1 heterocycles. The molecule has 6 heteroatoms. The fourth-order valence-corrected chi connectivity index (χ4v) is 4.29. The molecule has 0 aliphatic rings. The summed E-state index contributed by atoms with van der Waals surface area (Å²) in [6, 6.07) is 7.90. The number of rotatable bonds is 4. The Morgan fingerprint density at radius 2 is 2.25 bits per heavy atom. The lowest BCUT2D eigenvalue weighted by Gasteiger charge is -2.01. The quantitative estimate of drug-likeness (QED) is 0.862. The summed E-state index contributed by atoms with van der Waals surface area (Å²) in [6.07, 6.45) is 0. The van der Waals surface area contributed by atoms with E-state index in [2.05, 4.69) is 4.98 Å². The van der Waals surface area contributed by atoms with Gasteiger partial charge < -0.3 is 5.11 Å². The van der Waals surface area contributed by atoms with E-state index >= 15 is 0 Å². The average molecular weight is 271 g/mol. The summed E-state index contributed by atoms with van der Waals surface area (Å²) in [7, 11) is 2.74. The molecule has 1 aromatic heterocycles. The second kappa shape index (κ2) is 5.07. The number of nitrogens with zero attached hydrogens (tertiary/aromatic N) is 1. The fraction of sp³-hybridized carbons (Fsp3) is 0.200. The molecule has 84 valence electrons. The third kappa shape index (κ3) is 2.69. The second-order valence-corrected chi connectivity index (χ2v) is 6.93. The topological polar surface area (TPSA) is 50.2 Å². The van der Waals surface area contributed by atoms with E-state index in [0.717, 1.165) is 14.6 Å². The van der Waals surface area contributed by atoms with Crippen LogP contribution < -0.4 is 0 Å². The Balaban J connectivity index is 2.07. The van der Waals surface area contributed by atoms with Crippen LogP contribution in [0.1, 0.15) is 6.92 Å². The molecule has 0 fully saturated rings. The number of fused-ring (bicyclic) bond motifs is 1. The van der Waals surface area contributed by atoms with Gasteiger partial charge in [-0.05, 0) is 29.9 Å². The average Bonchev–Trinajstić information content (AvgIpc) is 2.68. The van der Waals surface area contributed by atoms with Crippen LogP contribution in [0.5, 0.6) is 0 Å². The van der Waals surface area contributed by atoms with Crippen molar-refractivity contribution >= 4 is 49.1 Å². The van der Waals surface area contributed by atoms with E-state index in [4.69, 9.17) is 5.11 Å². The third-order valence-electron chi connectivity index (χ3n) is 1.89. The van der Waals surface area contributed by atoms with Crippen molar-refractivity contribution in [3.05, 3.63) is 24.3 Å². The molecule has 1 unspecified atom stereocenters. The summed E-state index contributed by atoms with van der Waals surface area (Å²) in [6.45, 7) is 1.67. The summed E-state index contributed by atoms with van der Waals surface area (Å²) >= 11 is 1.59. The van der Waals surface area contributed by atoms with Gasteiger partial charge in [0.05, 0.1) is 10.2 Å². The van der Waals surface area contributed by atoms with Crippen LogP contribution >= 0.6 is 32.9 Å². The number of carboxylic acids is 1. The van der Waals surface area contributed by atoms with Crippen LogP contribution in [-0.4, -0.2) is 21.3 Å². The third-order valence-corrected chi connectivity index (χ3v) is 5.98. The van der Waals surface area contributed by atoms with E-state index in [-0.39, 0.29) is 0 Å². The van der Waals surface area contributed by atoms with Crippen molar-refractivity contribution in [1.29, 1.82) is 0 Å². The number of hydrogen-bond donors (Lipinski definition) is 1. The lowest BCUT2D eigenvalue weighted by molar-refractivity contribution is -0.136. The standard InChI is InChI=1S/C10H9NO2S3/c1-6(9(12)13)15-16-10-11-7-4-2-3-5-8(7)14-10/h2-6H,1H3,(H,12,13). The number of carboxylic acid groups (broad SMARTS) is 1. The van der Waals surface area contributed by atoms with E-state index in [0.29, 0.717) is 0 Å². The van der Waals surface area contributed by atoms with Crippen molar-refractivity contribution in [2.75, 3.05) is 0 Å². The van der Waals surface area contributed by atoms with Gasteiger partial charge in [0.25, 0.3) is 0 Å². The number of carbonyl (C=O) groups is 1. The monoisotopic (exact) mass is 271 g/mol. The SMILES string of the molecule is CC(SSc1nc2ccccc2s1)C(=O)O. The van der Waals surface area contributed by atoms with Crippen molar-refractivity contribution in [2.24, 2.45) is 0 Å². The first-order chi connectivity index (χ1) is 7.66. The van der Waals surface area contributed by atoms with Gasteiger partial charge in [0.2, 0.25) is 0 Å². The van der Waals surface area contributed by atoms with Gasteiger partial charge in [-0.3, -0.25) is 4.79 Å². The minimum Gasteiger partial charge on any atom is -0.480 e. The number of thiazole rings is 1. The van der Waals surface area contributed by atoms with Crippen molar-refractivity contribution in [2.45, 2.75) is 16.5 Å². The lowest BCUT2D eigenvalue weighted by Crippen LogP contribution is -2.09. The molecule has 0 saturated carbocycles. The largest absolute Gasteiger partial charge is 0.480 e. The minimum absolute atomic E-state index is 0.419. The highest BCUT2D eigenvalue weighted by Gasteiger charge is 2.13. The summed E-state index contributed by atoms with van der Waals surface area (Å²) in [5.41, 5.74) is 0.971. The van der Waals surface area contributed by atoms with Crippen molar-refractivity contribution in [3.8, 4) is 0 Å². The molecular formula is C10H9NO2S3. The summed E-state index contributed by atoms with van der Waals surface area (Å²) < 4.78 is 2.04. The van der Waals surface area contributed by atoms with E-state index in [9.17, 15) is 4.79 Å². The zero-order valence-corrected chi connectivity index (χ0v) is 10.9. The van der Waals surface area contributed by atoms with Gasteiger partial charge in [-0.25, -0.2) is 4.98 Å². The Hall–Kier alpha value is -0.720. The Bertz CT molecular complexity index is 478. The number of aliphatic carboxylic acids is 1. The predicted octanol–water partition coefficient (Wildman–Crippen LogP) is 3.51. The van der Waals surface area contributed by atoms with Gasteiger partial charge in [0.15, 0.2) is 4.34 Å². The highest BCUT2D eigenvalue weighted by molar-refractivity contribution is 8.77. The Morgan fingerprint density at radius 1 is 1.50 bits per heavy atom. The molecule has 1 aromatic carbocycles. The molecule has 0 aliphatic carbocycles. The first-order valence-corrected chi connectivity index (χ1v) is 7.61. The Labute approximate surface area is 105 Å². The van der Waals surface area contributed by atoms with Crippen LogP contribution in [0, 0.1) is 0 Å². The first kappa shape index (κ1) is 11.8. The van der Waals surface area contributed by atoms with Crippen LogP contribution in [0.15, 0.2) is 28.6 Å². The molecule has 0 aliphatic heterocycles. The summed E-state index contributed by atoms with van der Waals surface area (Å²) in [4.78, 5) is 15.1. The maximum Gasteiger partial charge on any atom is 0.317 e. The molecule has 0 spiro atoms. The van der Waals surface area contributed by atoms with Crippen molar-refractivity contribution in [3.63, 3.8) is 0 Å². The fourth-order valence-electron chi connectivity index (χ4n) is 1.04. The van der Waals surface area contributed by atoms with E-state index in [1.54, 1.807) is 18.3 Å². The normalized spacial score (nSPS) is 12.8. The highest BCUT2D eigenvalue weighted by Crippen LogP contribution is 2.38. The van der Waals surface area contributed by atoms with Gasteiger partial charge in [-0.2, -0.15) is 0 Å². The van der Waals surface area contributed by atoms with E-state index < -0.39 is 11.2 Å². The summed E-state index contributed by atoms with van der Waals surface area (Å²) in [5, 5.41) is 8.33. The Kier molecular flexibility index (Phi) is 3.73. The molecule has 0 amide bonds. The van der Waals surface area contributed by atoms with Crippen molar-refractivity contribution < 1.29 is 9.90 Å². The maximum atomic E-state index is 10.6. The van der Waals surface area contributed by atoms with Crippen LogP contribution in [0.25, 0.3) is 10.2 Å². The molecule has 0 saturated heterocycles. The van der Waals surface area contributed by atoms with Crippen LogP contribution in [0.3, 0.4) is 0 Å². The summed E-state index contributed by atoms with van der Waals surface area (Å²) in [5.74, 6) is -0.793. The number of para-hydroxylation sites is 1. The molecule has 16 heavy (non-hydrogen) atoms. The van der Waals surface area contributed by atoms with Gasteiger partial charge in [-0.15, -0.1) is 11.3 Å². The smallest absolute Gasteiger partial charge is 0.317 e. The van der Waals surface area contributed by atoms with Gasteiger partial charge in [0.1, 0.15) is 5.25 Å². The minimum atomic E-state index is -0.793. The first-order valence-electron chi connectivity index (χ1n) is 4.58. The molecule has 0 radical (unpaired) electrons. The van der Waals surface area contributed by atoms with Gasteiger partial charge >= 0.3 is 5.97 Å². The molecule has 1 N–H and O–H groups in total. The predicted molar refractivity (Wildman–Crippen MR) is 70.2 cm³/mol. The molecular weight excluding hydrogens is 262 g/mol. The van der Waals surface area contributed by atoms with Crippen LogP contribution in [0.2, 0.25) is 0 Å². The molecule has 2 aromatic rings. The Morgan fingerprint density at radius 3 is 2.94 bits per heavy atom. The zero-order valence-electron chi connectivity index (χ0n) is 8.41. The highest BCUT2D eigenvalue weighted by atomic mass is 33.1. The number of hydrogen-bond acceptors (Lipinski definition) is 5. The van der Waals surface area contributed by atoms with Crippen LogP contribution in [0.4, 0.5) is 0 Å². The lowest BCUT2D eigenvalue weighted by atomic mass is 10.3. The zero-order chi connectivity index (χ0) is 11.5. The number of aromatic nitrogens is 1. The molecule has 0 bridgehead atoms. The molecule has 1 atom stereocenters. The van der Waals surface area contributed by atoms with E-state index in [1.165, 1.54) is 21.6 Å². The van der Waals surface area contributed by atoms with Crippen LogP contribution in [-0.2, 0) is 4.79 Å². The molecule has 3 nitrogen and oxygen atoms in total. The van der Waals surface area contributed by atoms with Gasteiger partial charge in [0, 0.05) is 0 Å². The maximum absolute atomic E-state index is 10.6. The second-order valence-electron chi connectivity index (χ2n) is 3.11. The van der Waals surface area contributed by atoms with Crippen molar-refractivity contribution in [1.82, 2.24) is 4.98 Å². The van der Waals surface area contributed by atoms with Gasteiger partial charge in [-0.1, -0.05) is 22.9 Å². The molecule has 2 rings (SSSR count). The van der Waals surface area contributed by atoms with E-state index in [1.807, 2.05) is 24.3 Å².